The Morgan fingerprint density at radius 3 is 2.52 bits per heavy atom. The van der Waals surface area contributed by atoms with E-state index in [9.17, 15) is 22.8 Å². The van der Waals surface area contributed by atoms with Gasteiger partial charge < -0.3 is 10.0 Å². The summed E-state index contributed by atoms with van der Waals surface area (Å²) >= 11 is 0. The fourth-order valence-corrected chi connectivity index (χ4v) is 2.44. The maximum atomic E-state index is 12.6. The van der Waals surface area contributed by atoms with Crippen LogP contribution in [0.15, 0.2) is 24.3 Å². The normalized spacial score (nSPS) is 14.6. The maximum absolute atomic E-state index is 12.6. The van der Waals surface area contributed by atoms with E-state index < -0.39 is 17.7 Å². The molecule has 1 aromatic carbocycles. The van der Waals surface area contributed by atoms with E-state index in [1.165, 1.54) is 11.0 Å². The van der Waals surface area contributed by atoms with Crippen LogP contribution < -0.4 is 0 Å². The maximum Gasteiger partial charge on any atom is 0.416 e. The Hall–Kier alpha value is -2.05. The van der Waals surface area contributed by atoms with E-state index in [4.69, 9.17) is 5.11 Å². The van der Waals surface area contributed by atoms with E-state index >= 15 is 0 Å². The lowest BCUT2D eigenvalue weighted by Crippen LogP contribution is -2.37. The number of amides is 1. The molecule has 1 aromatic rings. The molecule has 0 radical (unpaired) electrons. The number of benzene rings is 1. The molecule has 4 nitrogen and oxygen atoms in total. The molecule has 1 N–H and O–H groups in total. The summed E-state index contributed by atoms with van der Waals surface area (Å²) in [6.45, 7) is -0.312. The van der Waals surface area contributed by atoms with Crippen LogP contribution in [0.25, 0.3) is 0 Å². The number of aliphatic carboxylic acids is 1. The number of carbonyl (C=O) groups is 2. The molecule has 126 valence electrons. The predicted octanol–water partition coefficient (Wildman–Crippen LogP) is 3.10. The second-order valence-electron chi connectivity index (χ2n) is 5.70. The van der Waals surface area contributed by atoms with Gasteiger partial charge in [-0.1, -0.05) is 18.2 Å². The van der Waals surface area contributed by atoms with Crippen molar-refractivity contribution < 1.29 is 27.9 Å². The SMILES string of the molecule is O=C(O)CN(C(=O)CCCc1cccc(C(F)(F)F)c1)C1CC1. The summed E-state index contributed by atoms with van der Waals surface area (Å²) in [5, 5.41) is 8.82. The zero-order chi connectivity index (χ0) is 17.0. The van der Waals surface area contributed by atoms with Crippen LogP contribution >= 0.6 is 0 Å². The minimum atomic E-state index is -4.38. The summed E-state index contributed by atoms with van der Waals surface area (Å²) in [7, 11) is 0. The number of rotatable bonds is 7. The first-order chi connectivity index (χ1) is 10.8. The van der Waals surface area contributed by atoms with Crippen molar-refractivity contribution in [1.82, 2.24) is 4.90 Å². The summed E-state index contributed by atoms with van der Waals surface area (Å²) in [6.07, 6.45) is -1.88. The predicted molar refractivity (Wildman–Crippen MR) is 76.8 cm³/mol. The standard InChI is InChI=1S/C16H18F3NO3/c17-16(18,19)12-5-1-3-11(9-12)4-2-6-14(21)20(10-15(22)23)13-7-8-13/h1,3,5,9,13H,2,4,6-8,10H2,(H,22,23). The van der Waals surface area contributed by atoms with E-state index in [-0.39, 0.29) is 24.9 Å². The van der Waals surface area contributed by atoms with Crippen molar-refractivity contribution >= 4 is 11.9 Å². The Morgan fingerprint density at radius 1 is 1.26 bits per heavy atom. The number of hydrogen-bond acceptors (Lipinski definition) is 2. The largest absolute Gasteiger partial charge is 0.480 e. The lowest BCUT2D eigenvalue weighted by molar-refractivity contribution is -0.144. The molecule has 0 heterocycles. The molecule has 2 rings (SSSR count). The number of aryl methyl sites for hydroxylation is 1. The molecular formula is C16H18F3NO3. The highest BCUT2D eigenvalue weighted by Crippen LogP contribution is 2.30. The number of halogens is 3. The fourth-order valence-electron chi connectivity index (χ4n) is 2.44. The van der Waals surface area contributed by atoms with Crippen molar-refractivity contribution in [3.8, 4) is 0 Å². The van der Waals surface area contributed by atoms with E-state index in [1.807, 2.05) is 0 Å². The zero-order valence-electron chi connectivity index (χ0n) is 12.5. The minimum absolute atomic E-state index is 0.00663. The Bertz CT molecular complexity index is 582. The van der Waals surface area contributed by atoms with E-state index in [1.54, 1.807) is 6.07 Å². The third kappa shape index (κ3) is 5.26. The number of carbonyl (C=O) groups excluding carboxylic acids is 1. The number of hydrogen-bond donors (Lipinski definition) is 1. The summed E-state index contributed by atoms with van der Waals surface area (Å²) < 4.78 is 37.9. The topological polar surface area (TPSA) is 57.6 Å². The van der Waals surface area contributed by atoms with Crippen LogP contribution in [0.1, 0.15) is 36.8 Å². The number of carboxylic acids is 1. The van der Waals surface area contributed by atoms with Gasteiger partial charge in [0.1, 0.15) is 6.54 Å². The van der Waals surface area contributed by atoms with Gasteiger partial charge in [0.05, 0.1) is 5.56 Å². The van der Waals surface area contributed by atoms with Gasteiger partial charge in [-0.2, -0.15) is 13.2 Å². The van der Waals surface area contributed by atoms with Crippen molar-refractivity contribution in [1.29, 1.82) is 0 Å². The van der Waals surface area contributed by atoms with E-state index in [0.717, 1.165) is 25.0 Å². The molecule has 23 heavy (non-hydrogen) atoms. The minimum Gasteiger partial charge on any atom is -0.480 e. The van der Waals surface area contributed by atoms with Crippen LogP contribution in [0.5, 0.6) is 0 Å². The highest BCUT2D eigenvalue weighted by molar-refractivity contribution is 5.81. The second-order valence-corrected chi connectivity index (χ2v) is 5.70. The average Bonchev–Trinajstić information content (AvgIpc) is 3.28. The van der Waals surface area contributed by atoms with Gasteiger partial charge in [-0.05, 0) is 37.3 Å². The molecule has 1 aliphatic rings. The smallest absolute Gasteiger partial charge is 0.416 e. The van der Waals surface area contributed by atoms with Crippen molar-refractivity contribution in [2.24, 2.45) is 0 Å². The van der Waals surface area contributed by atoms with Crippen LogP contribution in [0.2, 0.25) is 0 Å². The second kappa shape index (κ2) is 7.02. The van der Waals surface area contributed by atoms with Gasteiger partial charge in [-0.3, -0.25) is 9.59 Å². The molecule has 0 aliphatic heterocycles. The zero-order valence-corrected chi connectivity index (χ0v) is 12.5. The molecule has 1 fully saturated rings. The third-order valence-corrected chi connectivity index (χ3v) is 3.72. The average molecular weight is 329 g/mol. The van der Waals surface area contributed by atoms with Gasteiger partial charge in [0.25, 0.3) is 0 Å². The Morgan fingerprint density at radius 2 is 1.96 bits per heavy atom. The first-order valence-corrected chi connectivity index (χ1v) is 7.45. The van der Waals surface area contributed by atoms with Crippen molar-refractivity contribution in [3.63, 3.8) is 0 Å². The quantitative estimate of drug-likeness (QED) is 0.836. The Kier molecular flexibility index (Phi) is 5.28. The van der Waals surface area contributed by atoms with Crippen LogP contribution in [-0.4, -0.2) is 34.5 Å². The van der Waals surface area contributed by atoms with E-state index in [2.05, 4.69) is 0 Å². The first kappa shape index (κ1) is 17.3. The van der Waals surface area contributed by atoms with E-state index in [0.29, 0.717) is 18.4 Å². The molecule has 0 bridgehead atoms. The van der Waals surface area contributed by atoms with Gasteiger partial charge in [0, 0.05) is 12.5 Å². The van der Waals surface area contributed by atoms with Crippen LogP contribution in [0.3, 0.4) is 0 Å². The number of carboxylic acid groups (broad SMARTS) is 1. The summed E-state index contributed by atoms with van der Waals surface area (Å²) in [5.41, 5.74) is -0.185. The summed E-state index contributed by atoms with van der Waals surface area (Å²) in [5.74, 6) is -1.30. The third-order valence-electron chi connectivity index (χ3n) is 3.72. The fraction of sp³-hybridized carbons (Fsp3) is 0.500. The Labute approximate surface area is 131 Å². The van der Waals surface area contributed by atoms with Gasteiger partial charge in [-0.25, -0.2) is 0 Å². The monoisotopic (exact) mass is 329 g/mol. The van der Waals surface area contributed by atoms with Gasteiger partial charge >= 0.3 is 12.1 Å². The Balaban J connectivity index is 1.86. The van der Waals surface area contributed by atoms with Crippen molar-refractivity contribution in [3.05, 3.63) is 35.4 Å². The van der Waals surface area contributed by atoms with Gasteiger partial charge in [-0.15, -0.1) is 0 Å². The molecular weight excluding hydrogens is 311 g/mol. The van der Waals surface area contributed by atoms with Gasteiger partial charge in [0.2, 0.25) is 5.91 Å². The van der Waals surface area contributed by atoms with Gasteiger partial charge in [0.15, 0.2) is 0 Å². The molecule has 0 atom stereocenters. The lowest BCUT2D eigenvalue weighted by atomic mass is 10.0. The molecule has 0 aromatic heterocycles. The molecule has 0 unspecified atom stereocenters. The molecule has 7 heteroatoms. The number of nitrogens with zero attached hydrogens (tertiary/aromatic N) is 1. The molecule has 1 saturated carbocycles. The lowest BCUT2D eigenvalue weighted by Gasteiger charge is -2.20. The highest BCUT2D eigenvalue weighted by atomic mass is 19.4. The van der Waals surface area contributed by atoms with Crippen LogP contribution in [-0.2, 0) is 22.2 Å². The molecule has 0 spiro atoms. The van der Waals surface area contributed by atoms with Crippen LogP contribution in [0.4, 0.5) is 13.2 Å². The molecule has 0 saturated heterocycles. The van der Waals surface area contributed by atoms with Crippen molar-refractivity contribution in [2.45, 2.75) is 44.3 Å². The highest BCUT2D eigenvalue weighted by Gasteiger charge is 2.33. The molecule has 1 aliphatic carbocycles. The summed E-state index contributed by atoms with van der Waals surface area (Å²) in [4.78, 5) is 24.2. The summed E-state index contributed by atoms with van der Waals surface area (Å²) in [6, 6.07) is 5.04. The molecule has 1 amide bonds. The van der Waals surface area contributed by atoms with Crippen LogP contribution in [0, 0.1) is 0 Å². The number of alkyl halides is 3. The first-order valence-electron chi connectivity index (χ1n) is 7.45. The van der Waals surface area contributed by atoms with Crippen molar-refractivity contribution in [2.75, 3.05) is 6.54 Å².